The number of carbonyl (C=O) groups is 2. The Morgan fingerprint density at radius 2 is 2.16 bits per heavy atom. The van der Waals surface area contributed by atoms with Crippen molar-refractivity contribution in [2.45, 2.75) is 24.6 Å². The first-order chi connectivity index (χ1) is 9.09. The fourth-order valence-corrected chi connectivity index (χ4v) is 2.56. The van der Waals surface area contributed by atoms with Crippen LogP contribution in [0.5, 0.6) is 0 Å². The third kappa shape index (κ3) is 3.29. The van der Waals surface area contributed by atoms with Gasteiger partial charge in [-0.1, -0.05) is 30.3 Å². The summed E-state index contributed by atoms with van der Waals surface area (Å²) >= 11 is 4.39. The summed E-state index contributed by atoms with van der Waals surface area (Å²) in [5.74, 6) is -0.172. The first kappa shape index (κ1) is 13.9. The highest BCUT2D eigenvalue weighted by Crippen LogP contribution is 2.14. The summed E-state index contributed by atoms with van der Waals surface area (Å²) in [5.41, 5.74) is 1.07. The summed E-state index contributed by atoms with van der Waals surface area (Å²) in [5, 5.41) is 2.34. The first-order valence-electron chi connectivity index (χ1n) is 6.40. The van der Waals surface area contributed by atoms with Crippen LogP contribution in [-0.2, 0) is 16.0 Å². The predicted molar refractivity (Wildman–Crippen MR) is 77.1 cm³/mol. The van der Waals surface area contributed by atoms with Gasteiger partial charge in [0, 0.05) is 13.1 Å². The summed E-state index contributed by atoms with van der Waals surface area (Å²) in [6.07, 6.45) is 0.577. The zero-order valence-corrected chi connectivity index (χ0v) is 11.8. The zero-order chi connectivity index (χ0) is 13.8. The molecule has 0 aromatic heterocycles. The van der Waals surface area contributed by atoms with E-state index in [2.05, 4.69) is 17.9 Å². The molecule has 2 rings (SSSR count). The third-order valence-corrected chi connectivity index (χ3v) is 3.74. The maximum absolute atomic E-state index is 12.3. The van der Waals surface area contributed by atoms with Gasteiger partial charge in [-0.3, -0.25) is 9.59 Å². The van der Waals surface area contributed by atoms with Crippen molar-refractivity contribution in [1.82, 2.24) is 10.2 Å². The molecule has 19 heavy (non-hydrogen) atoms. The van der Waals surface area contributed by atoms with Gasteiger partial charge in [0.2, 0.25) is 11.8 Å². The molecule has 0 bridgehead atoms. The van der Waals surface area contributed by atoms with Crippen LogP contribution in [0.2, 0.25) is 0 Å². The molecule has 1 saturated heterocycles. The molecule has 2 amide bonds. The minimum atomic E-state index is -0.410. The smallest absolute Gasteiger partial charge is 0.242 e. The van der Waals surface area contributed by atoms with E-state index in [-0.39, 0.29) is 11.8 Å². The number of benzene rings is 1. The van der Waals surface area contributed by atoms with Gasteiger partial charge in [0.25, 0.3) is 0 Å². The van der Waals surface area contributed by atoms with Crippen molar-refractivity contribution in [3.8, 4) is 0 Å². The standard InChI is InChI=1S/C14H18N2O2S/c1-10-13(17)15-7-8-16(10)14(18)12(19)9-11-5-3-2-4-6-11/h2-6,10,12,19H,7-9H2,1H3,(H,15,17). The van der Waals surface area contributed by atoms with Crippen molar-refractivity contribution < 1.29 is 9.59 Å². The maximum Gasteiger partial charge on any atom is 0.242 e. The highest BCUT2D eigenvalue weighted by molar-refractivity contribution is 7.81. The van der Waals surface area contributed by atoms with E-state index in [1.54, 1.807) is 11.8 Å². The molecule has 5 heteroatoms. The van der Waals surface area contributed by atoms with Crippen molar-refractivity contribution in [3.63, 3.8) is 0 Å². The molecule has 4 nitrogen and oxygen atoms in total. The number of thiol groups is 1. The Kier molecular flexibility index (Phi) is 4.47. The SMILES string of the molecule is CC1C(=O)NCCN1C(=O)C(S)Cc1ccccc1. The van der Waals surface area contributed by atoms with Crippen LogP contribution >= 0.6 is 12.6 Å². The maximum atomic E-state index is 12.3. The van der Waals surface area contributed by atoms with Gasteiger partial charge in [0.05, 0.1) is 5.25 Å². The van der Waals surface area contributed by atoms with Gasteiger partial charge in [0.15, 0.2) is 0 Å². The Labute approximate surface area is 118 Å². The van der Waals surface area contributed by atoms with E-state index >= 15 is 0 Å². The lowest BCUT2D eigenvalue weighted by Gasteiger charge is -2.34. The quantitative estimate of drug-likeness (QED) is 0.806. The molecule has 102 valence electrons. The van der Waals surface area contributed by atoms with Crippen LogP contribution in [0.4, 0.5) is 0 Å². The summed E-state index contributed by atoms with van der Waals surface area (Å²) in [4.78, 5) is 25.5. The average Bonchev–Trinajstić information content (AvgIpc) is 2.42. The van der Waals surface area contributed by atoms with Crippen molar-refractivity contribution in [2.24, 2.45) is 0 Å². The summed E-state index contributed by atoms with van der Waals surface area (Å²) in [6.45, 7) is 2.81. The molecule has 0 spiro atoms. The molecule has 0 aliphatic carbocycles. The zero-order valence-electron chi connectivity index (χ0n) is 10.9. The van der Waals surface area contributed by atoms with E-state index < -0.39 is 11.3 Å². The molecule has 1 aromatic carbocycles. The Morgan fingerprint density at radius 3 is 2.84 bits per heavy atom. The fourth-order valence-electron chi connectivity index (χ4n) is 2.20. The molecule has 0 saturated carbocycles. The van der Waals surface area contributed by atoms with Gasteiger partial charge in [-0.05, 0) is 18.9 Å². The highest BCUT2D eigenvalue weighted by Gasteiger charge is 2.31. The van der Waals surface area contributed by atoms with Crippen molar-refractivity contribution >= 4 is 24.4 Å². The van der Waals surface area contributed by atoms with E-state index in [4.69, 9.17) is 0 Å². The normalized spacial score (nSPS) is 20.8. The number of hydrogen-bond acceptors (Lipinski definition) is 3. The number of amides is 2. The fraction of sp³-hybridized carbons (Fsp3) is 0.429. The van der Waals surface area contributed by atoms with Crippen LogP contribution in [0, 0.1) is 0 Å². The molecule has 0 radical (unpaired) electrons. The third-order valence-electron chi connectivity index (χ3n) is 3.34. The second-order valence-corrected chi connectivity index (χ2v) is 5.33. The number of piperazine rings is 1. The van der Waals surface area contributed by atoms with E-state index in [9.17, 15) is 9.59 Å². The van der Waals surface area contributed by atoms with E-state index in [0.29, 0.717) is 19.5 Å². The van der Waals surface area contributed by atoms with Crippen LogP contribution in [0.25, 0.3) is 0 Å². The molecule has 1 N–H and O–H groups in total. The van der Waals surface area contributed by atoms with Crippen molar-refractivity contribution in [3.05, 3.63) is 35.9 Å². The Balaban J connectivity index is 2.00. The molecular weight excluding hydrogens is 260 g/mol. The first-order valence-corrected chi connectivity index (χ1v) is 6.91. The van der Waals surface area contributed by atoms with Gasteiger partial charge in [-0.25, -0.2) is 0 Å². The lowest BCUT2D eigenvalue weighted by Crippen LogP contribution is -2.57. The van der Waals surface area contributed by atoms with Crippen LogP contribution < -0.4 is 5.32 Å². The van der Waals surface area contributed by atoms with Crippen LogP contribution in [0.15, 0.2) is 30.3 Å². The van der Waals surface area contributed by atoms with Crippen LogP contribution in [0.3, 0.4) is 0 Å². The average molecular weight is 278 g/mol. The molecule has 2 unspecified atom stereocenters. The van der Waals surface area contributed by atoms with E-state index in [1.807, 2.05) is 30.3 Å². The Morgan fingerprint density at radius 1 is 1.47 bits per heavy atom. The Bertz CT molecular complexity index is 464. The molecule has 1 heterocycles. The molecular formula is C14H18N2O2S. The summed E-state index contributed by atoms with van der Waals surface area (Å²) in [7, 11) is 0. The number of carbonyl (C=O) groups excluding carboxylic acids is 2. The number of rotatable bonds is 3. The molecule has 1 aliphatic rings. The van der Waals surface area contributed by atoms with E-state index in [1.165, 1.54) is 0 Å². The monoisotopic (exact) mass is 278 g/mol. The lowest BCUT2D eigenvalue weighted by atomic mass is 10.1. The van der Waals surface area contributed by atoms with Gasteiger partial charge >= 0.3 is 0 Å². The van der Waals surface area contributed by atoms with Crippen LogP contribution in [0.1, 0.15) is 12.5 Å². The highest BCUT2D eigenvalue weighted by atomic mass is 32.1. The molecule has 1 aromatic rings. The number of nitrogens with zero attached hydrogens (tertiary/aromatic N) is 1. The number of nitrogens with one attached hydrogen (secondary N) is 1. The minimum Gasteiger partial charge on any atom is -0.353 e. The predicted octanol–water partition coefficient (Wildman–Crippen LogP) is 0.874. The lowest BCUT2D eigenvalue weighted by molar-refractivity contribution is -0.142. The molecule has 2 atom stereocenters. The van der Waals surface area contributed by atoms with E-state index in [0.717, 1.165) is 5.56 Å². The van der Waals surface area contributed by atoms with Gasteiger partial charge in [-0.15, -0.1) is 0 Å². The van der Waals surface area contributed by atoms with Gasteiger partial charge < -0.3 is 10.2 Å². The van der Waals surface area contributed by atoms with Gasteiger partial charge in [-0.2, -0.15) is 12.6 Å². The molecule has 1 fully saturated rings. The largest absolute Gasteiger partial charge is 0.353 e. The second-order valence-electron chi connectivity index (χ2n) is 4.70. The summed E-state index contributed by atoms with van der Waals surface area (Å²) in [6, 6.07) is 9.36. The van der Waals surface area contributed by atoms with Crippen LogP contribution in [-0.4, -0.2) is 41.1 Å². The van der Waals surface area contributed by atoms with Gasteiger partial charge in [0.1, 0.15) is 6.04 Å². The number of hydrogen-bond donors (Lipinski definition) is 2. The second kappa shape index (κ2) is 6.10. The Hall–Kier alpha value is -1.49. The molecule has 1 aliphatic heterocycles. The topological polar surface area (TPSA) is 49.4 Å². The van der Waals surface area contributed by atoms with Crippen molar-refractivity contribution in [1.29, 1.82) is 0 Å². The minimum absolute atomic E-state index is 0.0745. The van der Waals surface area contributed by atoms with Crippen molar-refractivity contribution in [2.75, 3.05) is 13.1 Å². The summed E-state index contributed by atoms with van der Waals surface area (Å²) < 4.78 is 0.